The number of rotatable bonds is 4. The maximum absolute atomic E-state index is 12.5. The SMILES string of the molecule is Cc1ccc(NC(=O)c2ccc(N3CCC(C)CC3)c([N+](=O)[O-])c2)c(O)c1. The van der Waals surface area contributed by atoms with Crippen molar-refractivity contribution >= 4 is 23.0 Å². The Hall–Kier alpha value is -3.09. The number of hydrogen-bond acceptors (Lipinski definition) is 5. The number of nitro groups is 1. The van der Waals surface area contributed by atoms with Crippen LogP contribution in [0.3, 0.4) is 0 Å². The third kappa shape index (κ3) is 4.19. The second-order valence-corrected chi connectivity index (χ2v) is 7.10. The predicted molar refractivity (Wildman–Crippen MR) is 105 cm³/mol. The van der Waals surface area contributed by atoms with Crippen molar-refractivity contribution in [3.05, 3.63) is 57.6 Å². The zero-order chi connectivity index (χ0) is 19.6. The number of piperidine rings is 1. The molecule has 0 spiro atoms. The minimum absolute atomic E-state index is 0.0445. The number of aryl methyl sites for hydroxylation is 1. The van der Waals surface area contributed by atoms with Crippen LogP contribution in [0.4, 0.5) is 17.1 Å². The highest BCUT2D eigenvalue weighted by atomic mass is 16.6. The van der Waals surface area contributed by atoms with E-state index in [-0.39, 0.29) is 22.7 Å². The first-order valence-corrected chi connectivity index (χ1v) is 8.99. The van der Waals surface area contributed by atoms with Gasteiger partial charge in [0.2, 0.25) is 0 Å². The Morgan fingerprint density at radius 1 is 1.22 bits per heavy atom. The highest BCUT2D eigenvalue weighted by Crippen LogP contribution is 2.33. The number of phenols is 1. The fraction of sp³-hybridized carbons (Fsp3) is 0.350. The number of carbonyl (C=O) groups is 1. The second-order valence-electron chi connectivity index (χ2n) is 7.10. The lowest BCUT2D eigenvalue weighted by Crippen LogP contribution is -2.33. The predicted octanol–water partition coefficient (Wildman–Crippen LogP) is 4.10. The van der Waals surface area contributed by atoms with Crippen LogP contribution in [0.5, 0.6) is 5.75 Å². The lowest BCUT2D eigenvalue weighted by Gasteiger charge is -2.31. The fourth-order valence-corrected chi connectivity index (χ4v) is 3.27. The van der Waals surface area contributed by atoms with Crippen molar-refractivity contribution in [3.63, 3.8) is 0 Å². The van der Waals surface area contributed by atoms with Crippen molar-refractivity contribution in [2.75, 3.05) is 23.3 Å². The summed E-state index contributed by atoms with van der Waals surface area (Å²) in [7, 11) is 0. The third-order valence-corrected chi connectivity index (χ3v) is 4.96. The number of hydrogen-bond donors (Lipinski definition) is 2. The summed E-state index contributed by atoms with van der Waals surface area (Å²) in [6.07, 6.45) is 1.98. The molecule has 0 atom stereocenters. The van der Waals surface area contributed by atoms with Crippen LogP contribution in [0, 0.1) is 23.0 Å². The number of nitrogens with one attached hydrogen (secondary N) is 1. The summed E-state index contributed by atoms with van der Waals surface area (Å²) in [6.45, 7) is 5.55. The number of anilines is 2. The summed E-state index contributed by atoms with van der Waals surface area (Å²) in [5.74, 6) is 0.0699. The van der Waals surface area contributed by atoms with Crippen LogP contribution >= 0.6 is 0 Å². The summed E-state index contributed by atoms with van der Waals surface area (Å²) in [5.41, 5.74) is 1.77. The molecule has 0 aliphatic carbocycles. The zero-order valence-corrected chi connectivity index (χ0v) is 15.4. The molecule has 2 N–H and O–H groups in total. The minimum atomic E-state index is -0.504. The lowest BCUT2D eigenvalue weighted by molar-refractivity contribution is -0.384. The Morgan fingerprint density at radius 3 is 2.56 bits per heavy atom. The molecule has 0 bridgehead atoms. The molecule has 1 aliphatic heterocycles. The van der Waals surface area contributed by atoms with Gasteiger partial charge in [-0.2, -0.15) is 0 Å². The average molecular weight is 369 g/mol. The van der Waals surface area contributed by atoms with Gasteiger partial charge in [-0.3, -0.25) is 14.9 Å². The molecule has 0 saturated carbocycles. The normalized spacial score (nSPS) is 14.8. The minimum Gasteiger partial charge on any atom is -0.506 e. The highest BCUT2D eigenvalue weighted by Gasteiger charge is 2.25. The van der Waals surface area contributed by atoms with Crippen LogP contribution in [0.15, 0.2) is 36.4 Å². The average Bonchev–Trinajstić information content (AvgIpc) is 2.64. The molecule has 7 nitrogen and oxygen atoms in total. The van der Waals surface area contributed by atoms with Gasteiger partial charge in [0.25, 0.3) is 11.6 Å². The van der Waals surface area contributed by atoms with Crippen LogP contribution in [0.25, 0.3) is 0 Å². The Labute approximate surface area is 157 Å². The van der Waals surface area contributed by atoms with Crippen LogP contribution in [-0.4, -0.2) is 29.0 Å². The molecule has 7 heteroatoms. The topological polar surface area (TPSA) is 95.7 Å². The molecule has 0 unspecified atom stereocenters. The Kier molecular flexibility index (Phi) is 5.30. The standard InChI is InChI=1S/C20H23N3O4/c1-13-7-9-22(10-8-13)17-6-4-15(12-18(17)23(26)27)20(25)21-16-5-3-14(2)11-19(16)24/h3-6,11-13,24H,7-10H2,1-2H3,(H,21,25). The number of nitrogens with zero attached hydrogens (tertiary/aromatic N) is 2. The molecule has 27 heavy (non-hydrogen) atoms. The van der Waals surface area contributed by atoms with E-state index in [9.17, 15) is 20.0 Å². The largest absolute Gasteiger partial charge is 0.506 e. The van der Waals surface area contributed by atoms with E-state index in [0.29, 0.717) is 11.6 Å². The number of amides is 1. The molecule has 1 saturated heterocycles. The van der Waals surface area contributed by atoms with E-state index in [1.807, 2.05) is 11.8 Å². The maximum atomic E-state index is 12.5. The molecule has 1 heterocycles. The summed E-state index contributed by atoms with van der Waals surface area (Å²) >= 11 is 0. The summed E-state index contributed by atoms with van der Waals surface area (Å²) < 4.78 is 0. The van der Waals surface area contributed by atoms with Gasteiger partial charge in [0.1, 0.15) is 11.4 Å². The quantitative estimate of drug-likeness (QED) is 0.481. The Balaban J connectivity index is 1.85. The van der Waals surface area contributed by atoms with Gasteiger partial charge in [-0.1, -0.05) is 13.0 Å². The third-order valence-electron chi connectivity index (χ3n) is 4.96. The van der Waals surface area contributed by atoms with E-state index in [2.05, 4.69) is 12.2 Å². The van der Waals surface area contributed by atoms with E-state index in [1.54, 1.807) is 30.3 Å². The second kappa shape index (κ2) is 7.65. The van der Waals surface area contributed by atoms with Gasteiger partial charge < -0.3 is 15.3 Å². The number of phenolic OH excluding ortho intramolecular Hbond substituents is 1. The fourth-order valence-electron chi connectivity index (χ4n) is 3.27. The molecule has 0 aromatic heterocycles. The van der Waals surface area contributed by atoms with Gasteiger partial charge in [-0.15, -0.1) is 0 Å². The zero-order valence-electron chi connectivity index (χ0n) is 15.4. The highest BCUT2D eigenvalue weighted by molar-refractivity contribution is 6.05. The van der Waals surface area contributed by atoms with Gasteiger partial charge in [0, 0.05) is 24.7 Å². The molecule has 0 radical (unpaired) electrons. The van der Waals surface area contributed by atoms with Gasteiger partial charge >= 0.3 is 0 Å². The van der Waals surface area contributed by atoms with Crippen LogP contribution in [-0.2, 0) is 0 Å². The van der Waals surface area contributed by atoms with Crippen LogP contribution < -0.4 is 10.2 Å². The van der Waals surface area contributed by atoms with Gasteiger partial charge in [0.05, 0.1) is 10.6 Å². The lowest BCUT2D eigenvalue weighted by atomic mass is 9.98. The van der Waals surface area contributed by atoms with Crippen molar-refractivity contribution in [3.8, 4) is 5.75 Å². The number of nitro benzene ring substituents is 1. The maximum Gasteiger partial charge on any atom is 0.293 e. The van der Waals surface area contributed by atoms with E-state index >= 15 is 0 Å². The molecule has 1 aliphatic rings. The van der Waals surface area contributed by atoms with Crippen LogP contribution in [0.2, 0.25) is 0 Å². The van der Waals surface area contributed by atoms with E-state index in [0.717, 1.165) is 31.5 Å². The molecular formula is C20H23N3O4. The number of benzene rings is 2. The van der Waals surface area contributed by atoms with Crippen molar-refractivity contribution in [1.82, 2.24) is 0 Å². The summed E-state index contributed by atoms with van der Waals surface area (Å²) in [6, 6.07) is 9.42. The van der Waals surface area contributed by atoms with E-state index < -0.39 is 10.8 Å². The first kappa shape index (κ1) is 18.7. The molecule has 1 fully saturated rings. The van der Waals surface area contributed by atoms with Gasteiger partial charge in [0.15, 0.2) is 0 Å². The molecule has 142 valence electrons. The summed E-state index contributed by atoms with van der Waals surface area (Å²) in [5, 5.41) is 24.1. The molecular weight excluding hydrogens is 346 g/mol. The summed E-state index contributed by atoms with van der Waals surface area (Å²) in [4.78, 5) is 25.6. The molecule has 2 aromatic carbocycles. The number of carbonyl (C=O) groups excluding carboxylic acids is 1. The van der Waals surface area contributed by atoms with E-state index in [1.165, 1.54) is 6.07 Å². The Morgan fingerprint density at radius 2 is 1.93 bits per heavy atom. The van der Waals surface area contributed by atoms with Crippen molar-refractivity contribution in [2.24, 2.45) is 5.92 Å². The first-order chi connectivity index (χ1) is 12.8. The van der Waals surface area contributed by atoms with Crippen molar-refractivity contribution in [2.45, 2.75) is 26.7 Å². The monoisotopic (exact) mass is 369 g/mol. The van der Waals surface area contributed by atoms with E-state index in [4.69, 9.17) is 0 Å². The number of aromatic hydroxyl groups is 1. The molecule has 3 rings (SSSR count). The Bertz CT molecular complexity index is 874. The van der Waals surface area contributed by atoms with Gasteiger partial charge in [-0.05, 0) is 55.5 Å². The first-order valence-electron chi connectivity index (χ1n) is 8.99. The van der Waals surface area contributed by atoms with Gasteiger partial charge in [-0.25, -0.2) is 0 Å². The molecule has 1 amide bonds. The molecule has 2 aromatic rings. The van der Waals surface area contributed by atoms with Crippen LogP contribution in [0.1, 0.15) is 35.7 Å². The van der Waals surface area contributed by atoms with Crippen molar-refractivity contribution < 1.29 is 14.8 Å². The smallest absolute Gasteiger partial charge is 0.293 e. The van der Waals surface area contributed by atoms with Crippen molar-refractivity contribution in [1.29, 1.82) is 0 Å².